The first-order chi connectivity index (χ1) is 12.7. The normalized spacial score (nSPS) is 19.2. The van der Waals surface area contributed by atoms with E-state index in [4.69, 9.17) is 19.9 Å². The van der Waals surface area contributed by atoms with Crippen LogP contribution in [-0.4, -0.2) is 38.9 Å². The first-order valence-corrected chi connectivity index (χ1v) is 9.56. The smallest absolute Gasteiger partial charge is 0.227 e. The van der Waals surface area contributed by atoms with E-state index in [2.05, 4.69) is 5.32 Å². The summed E-state index contributed by atoms with van der Waals surface area (Å²) in [6.45, 7) is 1.94. The molecular formula is C20H31ClN2O4. The highest BCUT2D eigenvalue weighted by atomic mass is 35.5. The molecule has 1 aromatic rings. The van der Waals surface area contributed by atoms with Gasteiger partial charge in [-0.3, -0.25) is 4.79 Å². The lowest BCUT2D eigenvalue weighted by Gasteiger charge is -2.34. The Morgan fingerprint density at radius 1 is 1.30 bits per heavy atom. The van der Waals surface area contributed by atoms with E-state index in [-0.39, 0.29) is 24.4 Å². The van der Waals surface area contributed by atoms with E-state index in [0.717, 1.165) is 29.9 Å². The van der Waals surface area contributed by atoms with Crippen molar-refractivity contribution in [3.05, 3.63) is 23.8 Å². The fourth-order valence-electron chi connectivity index (χ4n) is 3.75. The predicted octanol–water partition coefficient (Wildman–Crippen LogP) is 2.81. The van der Waals surface area contributed by atoms with Crippen LogP contribution >= 0.6 is 12.4 Å². The van der Waals surface area contributed by atoms with Crippen molar-refractivity contribution in [1.29, 1.82) is 0 Å². The Labute approximate surface area is 167 Å². The SMILES string of the molecule is COc1ccc(CNC(=O)C2(CN)CCOCC2)c(OC2CCCC2)c1.Cl. The predicted molar refractivity (Wildman–Crippen MR) is 107 cm³/mol. The number of hydrogen-bond donors (Lipinski definition) is 2. The van der Waals surface area contributed by atoms with E-state index >= 15 is 0 Å². The van der Waals surface area contributed by atoms with Crippen molar-refractivity contribution < 1.29 is 19.0 Å². The second-order valence-electron chi connectivity index (χ2n) is 7.28. The van der Waals surface area contributed by atoms with Crippen molar-refractivity contribution in [3.63, 3.8) is 0 Å². The molecule has 3 rings (SSSR count). The number of carbonyl (C=O) groups excluding carboxylic acids is 1. The topological polar surface area (TPSA) is 82.8 Å². The molecule has 0 aromatic heterocycles. The molecule has 1 amide bonds. The molecule has 3 N–H and O–H groups in total. The molecule has 1 saturated carbocycles. The summed E-state index contributed by atoms with van der Waals surface area (Å²) in [5, 5.41) is 3.07. The number of ether oxygens (including phenoxy) is 3. The number of hydrogen-bond acceptors (Lipinski definition) is 5. The lowest BCUT2D eigenvalue weighted by molar-refractivity contribution is -0.136. The van der Waals surface area contributed by atoms with Crippen LogP contribution in [-0.2, 0) is 16.1 Å². The van der Waals surface area contributed by atoms with Crippen molar-refractivity contribution in [2.24, 2.45) is 11.1 Å². The monoisotopic (exact) mass is 398 g/mol. The number of methoxy groups -OCH3 is 1. The van der Waals surface area contributed by atoms with Crippen LogP contribution in [0.1, 0.15) is 44.1 Å². The third-order valence-electron chi connectivity index (χ3n) is 5.63. The molecule has 1 heterocycles. The van der Waals surface area contributed by atoms with Gasteiger partial charge in [0.1, 0.15) is 11.5 Å². The van der Waals surface area contributed by atoms with Gasteiger partial charge in [0.05, 0.1) is 18.6 Å². The molecule has 152 valence electrons. The fourth-order valence-corrected chi connectivity index (χ4v) is 3.75. The van der Waals surface area contributed by atoms with Gasteiger partial charge in [-0.2, -0.15) is 0 Å². The summed E-state index contributed by atoms with van der Waals surface area (Å²) in [7, 11) is 1.65. The molecule has 2 aliphatic rings. The van der Waals surface area contributed by atoms with Gasteiger partial charge < -0.3 is 25.3 Å². The van der Waals surface area contributed by atoms with E-state index in [9.17, 15) is 4.79 Å². The summed E-state index contributed by atoms with van der Waals surface area (Å²) in [6.07, 6.45) is 6.18. The van der Waals surface area contributed by atoms with Crippen molar-refractivity contribution >= 4 is 18.3 Å². The third kappa shape index (κ3) is 5.27. The molecule has 0 bridgehead atoms. The lowest BCUT2D eigenvalue weighted by atomic mass is 9.79. The molecule has 2 fully saturated rings. The van der Waals surface area contributed by atoms with E-state index in [0.29, 0.717) is 39.1 Å². The van der Waals surface area contributed by atoms with Gasteiger partial charge in [0.2, 0.25) is 5.91 Å². The highest BCUT2D eigenvalue weighted by Gasteiger charge is 2.38. The van der Waals surface area contributed by atoms with Crippen molar-refractivity contribution in [1.82, 2.24) is 5.32 Å². The molecule has 1 aliphatic heterocycles. The molecule has 0 radical (unpaired) electrons. The summed E-state index contributed by atoms with van der Waals surface area (Å²) in [6, 6.07) is 5.77. The van der Waals surface area contributed by atoms with Gasteiger partial charge in [0.25, 0.3) is 0 Å². The maximum Gasteiger partial charge on any atom is 0.227 e. The molecule has 1 aromatic carbocycles. The summed E-state index contributed by atoms with van der Waals surface area (Å²) >= 11 is 0. The number of nitrogens with two attached hydrogens (primary N) is 1. The molecule has 0 spiro atoms. The third-order valence-corrected chi connectivity index (χ3v) is 5.63. The lowest BCUT2D eigenvalue weighted by Crippen LogP contribution is -2.49. The zero-order valence-corrected chi connectivity index (χ0v) is 16.8. The standard InChI is InChI=1S/C20H30N2O4.ClH/c1-24-17-7-6-15(18(12-17)26-16-4-2-3-5-16)13-22-19(23)20(14-21)8-10-25-11-9-20;/h6-7,12,16H,2-5,8-11,13-14,21H2,1H3,(H,22,23);1H. The molecule has 1 aliphatic carbocycles. The minimum absolute atomic E-state index is 0. The van der Waals surface area contributed by atoms with Crippen LogP contribution < -0.4 is 20.5 Å². The van der Waals surface area contributed by atoms with Crippen LogP contribution in [0.15, 0.2) is 18.2 Å². The Balaban J connectivity index is 0.00000261. The zero-order valence-electron chi connectivity index (χ0n) is 16.0. The van der Waals surface area contributed by atoms with Crippen LogP contribution in [0, 0.1) is 5.41 Å². The van der Waals surface area contributed by atoms with Crippen molar-refractivity contribution in [2.75, 3.05) is 26.9 Å². The highest BCUT2D eigenvalue weighted by molar-refractivity contribution is 5.85. The molecular weight excluding hydrogens is 368 g/mol. The van der Waals surface area contributed by atoms with Gasteiger partial charge in [0.15, 0.2) is 0 Å². The Hall–Kier alpha value is -1.50. The van der Waals surface area contributed by atoms with Crippen LogP contribution in [0.2, 0.25) is 0 Å². The van der Waals surface area contributed by atoms with Gasteiger partial charge in [-0.05, 0) is 50.7 Å². The van der Waals surface area contributed by atoms with Crippen molar-refractivity contribution in [2.45, 2.75) is 51.2 Å². The van der Waals surface area contributed by atoms with Gasteiger partial charge >= 0.3 is 0 Å². The van der Waals surface area contributed by atoms with Gasteiger partial charge in [-0.15, -0.1) is 12.4 Å². The molecule has 7 heteroatoms. The number of rotatable bonds is 7. The fraction of sp³-hybridized carbons (Fsp3) is 0.650. The van der Waals surface area contributed by atoms with E-state index in [1.54, 1.807) is 7.11 Å². The second-order valence-corrected chi connectivity index (χ2v) is 7.28. The van der Waals surface area contributed by atoms with E-state index in [1.165, 1.54) is 12.8 Å². The van der Waals surface area contributed by atoms with E-state index in [1.807, 2.05) is 18.2 Å². The van der Waals surface area contributed by atoms with Crippen molar-refractivity contribution in [3.8, 4) is 11.5 Å². The molecule has 6 nitrogen and oxygen atoms in total. The number of benzene rings is 1. The summed E-state index contributed by atoms with van der Waals surface area (Å²) in [4.78, 5) is 12.8. The zero-order chi connectivity index (χ0) is 18.4. The van der Waals surface area contributed by atoms with Gasteiger partial charge in [-0.1, -0.05) is 0 Å². The number of amides is 1. The Morgan fingerprint density at radius 3 is 2.63 bits per heavy atom. The first-order valence-electron chi connectivity index (χ1n) is 9.56. The van der Waals surface area contributed by atoms with Gasteiger partial charge in [-0.25, -0.2) is 0 Å². The maximum absolute atomic E-state index is 12.8. The largest absolute Gasteiger partial charge is 0.497 e. The molecule has 0 atom stereocenters. The quantitative estimate of drug-likeness (QED) is 0.737. The Kier molecular flexibility index (Phi) is 8.20. The molecule has 0 unspecified atom stereocenters. The maximum atomic E-state index is 12.8. The van der Waals surface area contributed by atoms with E-state index < -0.39 is 5.41 Å². The van der Waals surface area contributed by atoms with Gasteiger partial charge in [0, 0.05) is 37.9 Å². The minimum Gasteiger partial charge on any atom is -0.497 e. The molecule has 1 saturated heterocycles. The number of nitrogens with one attached hydrogen (secondary N) is 1. The Morgan fingerprint density at radius 2 is 2.00 bits per heavy atom. The summed E-state index contributed by atoms with van der Waals surface area (Å²) in [5.74, 6) is 1.56. The number of halogens is 1. The summed E-state index contributed by atoms with van der Waals surface area (Å²) < 4.78 is 16.9. The van der Waals surface area contributed by atoms with Crippen LogP contribution in [0.4, 0.5) is 0 Å². The van der Waals surface area contributed by atoms with Crippen LogP contribution in [0.5, 0.6) is 11.5 Å². The average Bonchev–Trinajstić information content (AvgIpc) is 3.20. The summed E-state index contributed by atoms with van der Waals surface area (Å²) in [5.41, 5.74) is 6.37. The highest BCUT2D eigenvalue weighted by Crippen LogP contribution is 2.32. The van der Waals surface area contributed by atoms with Crippen LogP contribution in [0.3, 0.4) is 0 Å². The second kappa shape index (κ2) is 10.2. The van der Waals surface area contributed by atoms with Crippen LogP contribution in [0.25, 0.3) is 0 Å². The molecule has 27 heavy (non-hydrogen) atoms. The average molecular weight is 399 g/mol. The number of carbonyl (C=O) groups is 1. The Bertz CT molecular complexity index is 614. The minimum atomic E-state index is -0.517. The first kappa shape index (κ1) is 21.8.